The van der Waals surface area contributed by atoms with Gasteiger partial charge in [0.1, 0.15) is 6.10 Å². The normalized spacial score (nSPS) is 28.1. The van der Waals surface area contributed by atoms with Gasteiger partial charge in [-0.1, -0.05) is 0 Å². The van der Waals surface area contributed by atoms with E-state index in [4.69, 9.17) is 4.74 Å². The Hall–Kier alpha value is -0.970. The van der Waals surface area contributed by atoms with Gasteiger partial charge in [-0.25, -0.2) is 0 Å². The zero-order valence-electron chi connectivity index (χ0n) is 6.15. The SMILES string of the molecule is CC(=O)[C@H]1O[C@@H]1CC[N+](=O)[O-]. The highest BCUT2D eigenvalue weighted by Crippen LogP contribution is 2.25. The summed E-state index contributed by atoms with van der Waals surface area (Å²) in [6, 6.07) is 0. The molecule has 11 heavy (non-hydrogen) atoms. The van der Waals surface area contributed by atoms with Crippen LogP contribution in [0.2, 0.25) is 0 Å². The fourth-order valence-electron chi connectivity index (χ4n) is 0.953. The highest BCUT2D eigenvalue weighted by Gasteiger charge is 2.42. The molecule has 0 aromatic heterocycles. The number of nitrogens with zero attached hydrogens (tertiary/aromatic N) is 1. The van der Waals surface area contributed by atoms with Gasteiger partial charge < -0.3 is 4.74 Å². The van der Waals surface area contributed by atoms with Crippen molar-refractivity contribution in [2.24, 2.45) is 0 Å². The van der Waals surface area contributed by atoms with Gasteiger partial charge in [-0.05, 0) is 6.92 Å². The molecule has 5 heteroatoms. The summed E-state index contributed by atoms with van der Waals surface area (Å²) in [5.74, 6) is -0.0432. The van der Waals surface area contributed by atoms with Gasteiger partial charge in [0, 0.05) is 11.3 Å². The van der Waals surface area contributed by atoms with Gasteiger partial charge in [0.15, 0.2) is 5.78 Å². The Balaban J connectivity index is 2.14. The van der Waals surface area contributed by atoms with E-state index in [9.17, 15) is 14.9 Å². The molecule has 0 radical (unpaired) electrons. The van der Waals surface area contributed by atoms with Gasteiger partial charge in [-0.2, -0.15) is 0 Å². The number of ketones is 1. The van der Waals surface area contributed by atoms with Crippen LogP contribution >= 0.6 is 0 Å². The van der Waals surface area contributed by atoms with Crippen molar-refractivity contribution in [1.29, 1.82) is 0 Å². The Kier molecular flexibility index (Phi) is 2.19. The van der Waals surface area contributed by atoms with Crippen LogP contribution in [-0.4, -0.2) is 29.5 Å². The Bertz CT molecular complexity index is 191. The minimum Gasteiger partial charge on any atom is -0.361 e. The summed E-state index contributed by atoms with van der Waals surface area (Å²) in [6.07, 6.45) is -0.218. The standard InChI is InChI=1S/C6H9NO4/c1-4(8)6-5(11-6)2-3-7(9)10/h5-6H,2-3H2,1H3/t5-,6-/m1/s1. The summed E-state index contributed by atoms with van der Waals surface area (Å²) in [6.45, 7) is 1.31. The molecule has 0 unspecified atom stereocenters. The zero-order chi connectivity index (χ0) is 8.43. The largest absolute Gasteiger partial charge is 0.361 e. The molecule has 0 bridgehead atoms. The molecule has 62 valence electrons. The topological polar surface area (TPSA) is 72.7 Å². The third-order valence-corrected chi connectivity index (χ3v) is 1.58. The van der Waals surface area contributed by atoms with Gasteiger partial charge in [-0.3, -0.25) is 14.9 Å². The van der Waals surface area contributed by atoms with E-state index in [2.05, 4.69) is 0 Å². The van der Waals surface area contributed by atoms with Gasteiger partial charge in [0.25, 0.3) is 0 Å². The molecule has 0 aliphatic carbocycles. The second-order valence-corrected chi connectivity index (χ2v) is 2.55. The number of hydrogen-bond acceptors (Lipinski definition) is 4. The highest BCUT2D eigenvalue weighted by molar-refractivity contribution is 5.83. The van der Waals surface area contributed by atoms with Crippen LogP contribution in [0.5, 0.6) is 0 Å². The lowest BCUT2D eigenvalue weighted by Crippen LogP contribution is -2.09. The van der Waals surface area contributed by atoms with Crippen LogP contribution in [-0.2, 0) is 9.53 Å². The molecule has 0 amide bonds. The summed E-state index contributed by atoms with van der Waals surface area (Å²) in [4.78, 5) is 20.0. The van der Waals surface area contributed by atoms with E-state index in [0.29, 0.717) is 6.42 Å². The number of rotatable bonds is 4. The third-order valence-electron chi connectivity index (χ3n) is 1.58. The van der Waals surface area contributed by atoms with Crippen molar-refractivity contribution in [2.45, 2.75) is 25.6 Å². The number of nitro groups is 1. The predicted octanol–water partition coefficient (Wildman–Crippen LogP) is 0.00960. The maximum atomic E-state index is 10.6. The highest BCUT2D eigenvalue weighted by atomic mass is 16.6. The van der Waals surface area contributed by atoms with Gasteiger partial charge in [-0.15, -0.1) is 0 Å². The molecule has 0 spiro atoms. The minimum absolute atomic E-state index is 0.0432. The molecule has 0 saturated carbocycles. The molecule has 5 nitrogen and oxygen atoms in total. The quantitative estimate of drug-likeness (QED) is 0.329. The summed E-state index contributed by atoms with van der Waals surface area (Å²) < 4.78 is 4.87. The Morgan fingerprint density at radius 3 is 2.73 bits per heavy atom. The van der Waals surface area contributed by atoms with E-state index >= 15 is 0 Å². The lowest BCUT2D eigenvalue weighted by molar-refractivity contribution is -0.480. The van der Waals surface area contributed by atoms with Gasteiger partial charge in [0.05, 0.1) is 6.10 Å². The fraction of sp³-hybridized carbons (Fsp3) is 0.833. The van der Waals surface area contributed by atoms with Crippen LogP contribution in [0.3, 0.4) is 0 Å². The maximum absolute atomic E-state index is 10.6. The molecule has 0 N–H and O–H groups in total. The summed E-state index contributed by atoms with van der Waals surface area (Å²) in [7, 11) is 0. The van der Waals surface area contributed by atoms with E-state index in [1.807, 2.05) is 0 Å². The Morgan fingerprint density at radius 1 is 1.73 bits per heavy atom. The van der Waals surface area contributed by atoms with Crippen molar-refractivity contribution in [3.8, 4) is 0 Å². The number of ether oxygens (including phenoxy) is 1. The first-order valence-corrected chi connectivity index (χ1v) is 3.39. The second kappa shape index (κ2) is 2.96. The minimum atomic E-state index is -0.404. The second-order valence-electron chi connectivity index (χ2n) is 2.55. The van der Waals surface area contributed by atoms with E-state index in [0.717, 1.165) is 0 Å². The molecule has 1 aliphatic heterocycles. The first kappa shape index (κ1) is 8.13. The number of carbonyl (C=O) groups excluding carboxylic acids is 1. The van der Waals surface area contributed by atoms with E-state index in [1.54, 1.807) is 0 Å². The summed E-state index contributed by atoms with van der Waals surface area (Å²) in [5.41, 5.74) is 0. The van der Waals surface area contributed by atoms with Crippen LogP contribution in [0.15, 0.2) is 0 Å². The van der Waals surface area contributed by atoms with E-state index in [1.165, 1.54) is 6.92 Å². The molecule has 1 aliphatic rings. The smallest absolute Gasteiger partial charge is 0.206 e. The Labute approximate surface area is 63.5 Å². The van der Waals surface area contributed by atoms with Crippen LogP contribution in [0.25, 0.3) is 0 Å². The van der Waals surface area contributed by atoms with Crippen molar-refractivity contribution < 1.29 is 14.5 Å². The number of carbonyl (C=O) groups is 1. The molecule has 1 saturated heterocycles. The van der Waals surface area contributed by atoms with E-state index in [-0.39, 0.29) is 24.5 Å². The molecule has 0 aromatic carbocycles. The predicted molar refractivity (Wildman–Crippen MR) is 35.8 cm³/mol. The van der Waals surface area contributed by atoms with Gasteiger partial charge in [0.2, 0.25) is 6.54 Å². The van der Waals surface area contributed by atoms with Crippen LogP contribution in [0, 0.1) is 10.1 Å². The van der Waals surface area contributed by atoms with Crippen molar-refractivity contribution in [1.82, 2.24) is 0 Å². The average Bonchev–Trinajstić information content (AvgIpc) is 2.61. The fourth-order valence-corrected chi connectivity index (χ4v) is 0.953. The molecular weight excluding hydrogens is 150 g/mol. The number of epoxide rings is 1. The molecule has 1 fully saturated rings. The first-order valence-electron chi connectivity index (χ1n) is 3.39. The van der Waals surface area contributed by atoms with Crippen molar-refractivity contribution in [2.75, 3.05) is 6.54 Å². The van der Waals surface area contributed by atoms with Crippen LogP contribution < -0.4 is 0 Å². The molecule has 1 rings (SSSR count). The van der Waals surface area contributed by atoms with Crippen molar-refractivity contribution in [3.63, 3.8) is 0 Å². The summed E-state index contributed by atoms with van der Waals surface area (Å²) >= 11 is 0. The first-order chi connectivity index (χ1) is 5.11. The average molecular weight is 159 g/mol. The monoisotopic (exact) mass is 159 g/mol. The number of Topliss-reactive ketones (excluding diaryl/α,β-unsaturated/α-hetero) is 1. The van der Waals surface area contributed by atoms with Crippen molar-refractivity contribution >= 4 is 5.78 Å². The van der Waals surface area contributed by atoms with Crippen LogP contribution in [0.1, 0.15) is 13.3 Å². The molecule has 2 atom stereocenters. The zero-order valence-corrected chi connectivity index (χ0v) is 6.15. The molecule has 1 heterocycles. The summed E-state index contributed by atoms with van der Waals surface area (Å²) in [5, 5.41) is 9.87. The molecule has 0 aromatic rings. The number of hydrogen-bond donors (Lipinski definition) is 0. The van der Waals surface area contributed by atoms with Crippen LogP contribution in [0.4, 0.5) is 0 Å². The van der Waals surface area contributed by atoms with Crippen molar-refractivity contribution in [3.05, 3.63) is 10.1 Å². The van der Waals surface area contributed by atoms with E-state index < -0.39 is 4.92 Å². The lowest BCUT2D eigenvalue weighted by Gasteiger charge is -1.87. The lowest BCUT2D eigenvalue weighted by atomic mass is 10.2. The Morgan fingerprint density at radius 2 is 2.36 bits per heavy atom. The van der Waals surface area contributed by atoms with Gasteiger partial charge >= 0.3 is 0 Å². The maximum Gasteiger partial charge on any atom is 0.206 e. The third kappa shape index (κ3) is 2.27. The molecular formula is C6H9NO4.